The van der Waals surface area contributed by atoms with Gasteiger partial charge < -0.3 is 4.42 Å². The molecule has 0 saturated heterocycles. The average molecular weight is 434 g/mol. The number of nitro benzene ring substituents is 1. The molecule has 0 spiro atoms. The molecule has 0 aliphatic rings. The first-order valence-corrected chi connectivity index (χ1v) is 9.98. The van der Waals surface area contributed by atoms with Crippen LogP contribution in [0.4, 0.5) is 5.69 Å². The third-order valence-corrected chi connectivity index (χ3v) is 5.46. The number of nitro groups is 1. The van der Waals surface area contributed by atoms with Crippen LogP contribution in [0.5, 0.6) is 0 Å². The Kier molecular flexibility index (Phi) is 5.44. The first-order valence-electron chi connectivity index (χ1n) is 8.72. The number of aromatic nitrogens is 1. The Morgan fingerprint density at radius 3 is 2.70 bits per heavy atom. The summed E-state index contributed by atoms with van der Waals surface area (Å²) in [6, 6.07) is 19.5. The van der Waals surface area contributed by atoms with Crippen LogP contribution in [0.25, 0.3) is 34.2 Å². The molecule has 0 N–H and O–H groups in total. The lowest BCUT2D eigenvalue weighted by Crippen LogP contribution is -1.88. The van der Waals surface area contributed by atoms with Crippen molar-refractivity contribution in [3.8, 4) is 28.7 Å². The molecule has 4 rings (SSSR count). The number of hydrogen-bond donors (Lipinski definition) is 0. The fourth-order valence-corrected chi connectivity index (χ4v) is 3.88. The monoisotopic (exact) mass is 433 g/mol. The predicted octanol–water partition coefficient (Wildman–Crippen LogP) is 6.70. The number of furan rings is 1. The van der Waals surface area contributed by atoms with Crippen LogP contribution in [0.2, 0.25) is 5.02 Å². The zero-order valence-electron chi connectivity index (χ0n) is 15.3. The van der Waals surface area contributed by atoms with E-state index in [0.29, 0.717) is 27.7 Å². The van der Waals surface area contributed by atoms with Crippen molar-refractivity contribution >= 4 is 40.3 Å². The van der Waals surface area contributed by atoms with Crippen LogP contribution in [-0.4, -0.2) is 9.91 Å². The van der Waals surface area contributed by atoms with Crippen molar-refractivity contribution in [2.24, 2.45) is 0 Å². The second-order valence-electron chi connectivity index (χ2n) is 6.20. The Balaban J connectivity index is 1.62. The average Bonchev–Trinajstić information content (AvgIpc) is 3.42. The van der Waals surface area contributed by atoms with E-state index in [1.54, 1.807) is 18.2 Å². The van der Waals surface area contributed by atoms with Crippen LogP contribution in [0.15, 0.2) is 70.5 Å². The molecule has 0 bridgehead atoms. The maximum absolute atomic E-state index is 10.9. The standard InChI is InChI=1S/C22H12ClN3O3S/c23-19-11-16(26(27)28)6-8-18(19)21-9-7-17(29-21)10-15(12-24)22-25-20(13-30-22)14-4-2-1-3-5-14/h1-11,13H/b15-10+. The maximum Gasteiger partial charge on any atom is 0.270 e. The van der Waals surface area contributed by atoms with Crippen molar-refractivity contribution in [1.82, 2.24) is 4.98 Å². The van der Waals surface area contributed by atoms with Gasteiger partial charge in [0.15, 0.2) is 0 Å². The molecule has 0 fully saturated rings. The number of nitrogens with zero attached hydrogens (tertiary/aromatic N) is 3. The van der Waals surface area contributed by atoms with Crippen LogP contribution < -0.4 is 0 Å². The zero-order chi connectivity index (χ0) is 21.1. The number of hydrogen-bond acceptors (Lipinski definition) is 6. The topological polar surface area (TPSA) is 93.0 Å². The summed E-state index contributed by atoms with van der Waals surface area (Å²) < 4.78 is 5.79. The van der Waals surface area contributed by atoms with Crippen molar-refractivity contribution in [2.75, 3.05) is 0 Å². The first-order chi connectivity index (χ1) is 14.5. The molecule has 6 nitrogen and oxygen atoms in total. The van der Waals surface area contributed by atoms with E-state index in [4.69, 9.17) is 16.0 Å². The SMILES string of the molecule is N#C/C(=C\c1ccc(-c2ccc([N+](=O)[O-])cc2Cl)o1)c1nc(-c2ccccc2)cs1. The van der Waals surface area contributed by atoms with Gasteiger partial charge >= 0.3 is 0 Å². The van der Waals surface area contributed by atoms with Gasteiger partial charge in [0.05, 0.1) is 21.2 Å². The smallest absolute Gasteiger partial charge is 0.270 e. The van der Waals surface area contributed by atoms with Gasteiger partial charge in [-0.25, -0.2) is 4.98 Å². The summed E-state index contributed by atoms with van der Waals surface area (Å²) in [5.41, 5.74) is 2.58. The lowest BCUT2D eigenvalue weighted by molar-refractivity contribution is -0.384. The van der Waals surface area contributed by atoms with Gasteiger partial charge in [0.25, 0.3) is 5.69 Å². The van der Waals surface area contributed by atoms with E-state index in [1.165, 1.54) is 29.5 Å². The number of nitriles is 1. The van der Waals surface area contributed by atoms with E-state index in [-0.39, 0.29) is 10.7 Å². The molecule has 2 aromatic heterocycles. The van der Waals surface area contributed by atoms with Gasteiger partial charge in [0.1, 0.15) is 22.6 Å². The summed E-state index contributed by atoms with van der Waals surface area (Å²) in [4.78, 5) is 14.9. The van der Waals surface area contributed by atoms with E-state index in [9.17, 15) is 15.4 Å². The highest BCUT2D eigenvalue weighted by Crippen LogP contribution is 2.33. The van der Waals surface area contributed by atoms with Crippen LogP contribution in [-0.2, 0) is 0 Å². The molecule has 2 aromatic carbocycles. The third-order valence-electron chi connectivity index (χ3n) is 4.27. The molecule has 0 unspecified atom stereocenters. The molecule has 146 valence electrons. The third kappa shape index (κ3) is 4.01. The summed E-state index contributed by atoms with van der Waals surface area (Å²) in [7, 11) is 0. The fraction of sp³-hybridized carbons (Fsp3) is 0. The van der Waals surface area contributed by atoms with E-state index in [1.807, 2.05) is 35.7 Å². The van der Waals surface area contributed by atoms with Crippen LogP contribution in [0.1, 0.15) is 10.8 Å². The summed E-state index contributed by atoms with van der Waals surface area (Å²) >= 11 is 7.54. The van der Waals surface area contributed by atoms with Gasteiger partial charge in [-0.2, -0.15) is 5.26 Å². The normalized spacial score (nSPS) is 11.3. The number of thiazole rings is 1. The van der Waals surface area contributed by atoms with Gasteiger partial charge in [-0.05, 0) is 18.2 Å². The zero-order valence-corrected chi connectivity index (χ0v) is 16.9. The Bertz CT molecular complexity index is 1300. The molecule has 0 aliphatic carbocycles. The van der Waals surface area contributed by atoms with Crippen LogP contribution in [0.3, 0.4) is 0 Å². The Labute approximate surface area is 180 Å². The number of rotatable bonds is 5. The second-order valence-corrected chi connectivity index (χ2v) is 7.46. The predicted molar refractivity (Wildman–Crippen MR) is 117 cm³/mol. The highest BCUT2D eigenvalue weighted by Gasteiger charge is 2.14. The van der Waals surface area contributed by atoms with E-state index >= 15 is 0 Å². The van der Waals surface area contributed by atoms with Crippen molar-refractivity contribution in [2.45, 2.75) is 0 Å². The van der Waals surface area contributed by atoms with Gasteiger partial charge in [0.2, 0.25) is 0 Å². The quantitative estimate of drug-likeness (QED) is 0.198. The number of halogens is 1. The van der Waals surface area contributed by atoms with Gasteiger partial charge in [-0.3, -0.25) is 10.1 Å². The molecule has 2 heterocycles. The van der Waals surface area contributed by atoms with Crippen LogP contribution >= 0.6 is 22.9 Å². The lowest BCUT2D eigenvalue weighted by atomic mass is 10.1. The maximum atomic E-state index is 10.9. The summed E-state index contributed by atoms with van der Waals surface area (Å²) in [6.45, 7) is 0. The van der Waals surface area contributed by atoms with Gasteiger partial charge in [0, 0.05) is 34.7 Å². The van der Waals surface area contributed by atoms with Crippen molar-refractivity contribution < 1.29 is 9.34 Å². The minimum atomic E-state index is -0.511. The highest BCUT2D eigenvalue weighted by atomic mass is 35.5. The molecular formula is C22H12ClN3O3S. The molecular weight excluding hydrogens is 422 g/mol. The Morgan fingerprint density at radius 1 is 1.20 bits per heavy atom. The van der Waals surface area contributed by atoms with Gasteiger partial charge in [-0.15, -0.1) is 11.3 Å². The molecule has 0 amide bonds. The number of benzene rings is 2. The number of allylic oxidation sites excluding steroid dienone is 1. The van der Waals surface area contributed by atoms with Crippen LogP contribution in [0, 0.1) is 21.4 Å². The van der Waals surface area contributed by atoms with Crippen molar-refractivity contribution in [1.29, 1.82) is 5.26 Å². The van der Waals surface area contributed by atoms with Gasteiger partial charge in [-0.1, -0.05) is 41.9 Å². The van der Waals surface area contributed by atoms with Crippen molar-refractivity contribution in [3.63, 3.8) is 0 Å². The molecule has 4 aromatic rings. The minimum absolute atomic E-state index is 0.0971. The van der Waals surface area contributed by atoms with E-state index < -0.39 is 4.92 Å². The summed E-state index contributed by atoms with van der Waals surface area (Å²) in [6.07, 6.45) is 1.61. The molecule has 30 heavy (non-hydrogen) atoms. The fourth-order valence-electron chi connectivity index (χ4n) is 2.82. The Hall–Kier alpha value is -3.73. The highest BCUT2D eigenvalue weighted by molar-refractivity contribution is 7.11. The molecule has 0 atom stereocenters. The minimum Gasteiger partial charge on any atom is -0.457 e. The lowest BCUT2D eigenvalue weighted by Gasteiger charge is -2.00. The van der Waals surface area contributed by atoms with E-state index in [2.05, 4.69) is 11.1 Å². The van der Waals surface area contributed by atoms with E-state index in [0.717, 1.165) is 11.3 Å². The molecule has 0 radical (unpaired) electrons. The molecule has 0 saturated carbocycles. The molecule has 0 aliphatic heterocycles. The second kappa shape index (κ2) is 8.33. The Morgan fingerprint density at radius 2 is 2.00 bits per heavy atom. The largest absolute Gasteiger partial charge is 0.457 e. The summed E-state index contributed by atoms with van der Waals surface area (Å²) in [5.74, 6) is 0.898. The summed E-state index contributed by atoms with van der Waals surface area (Å²) in [5, 5.41) is 23.2. The molecule has 8 heteroatoms. The number of non-ortho nitro benzene ring substituents is 1. The first kappa shape index (κ1) is 19.6. The van der Waals surface area contributed by atoms with Crippen molar-refractivity contribution in [3.05, 3.63) is 91.9 Å².